The van der Waals surface area contributed by atoms with Crippen molar-refractivity contribution in [2.45, 2.75) is 45.6 Å². The molecule has 13 heavy (non-hydrogen) atoms. The Hall–Kier alpha value is -0.790. The van der Waals surface area contributed by atoms with E-state index < -0.39 is 0 Å². The fraction of sp³-hybridized carbons (Fsp3) is 0.727. The summed E-state index contributed by atoms with van der Waals surface area (Å²) in [5.74, 6) is 0.322. The Morgan fingerprint density at radius 1 is 1.46 bits per heavy atom. The summed E-state index contributed by atoms with van der Waals surface area (Å²) < 4.78 is 5.26. The third-order valence-corrected chi connectivity index (χ3v) is 2.71. The van der Waals surface area contributed by atoms with Crippen molar-refractivity contribution in [3.63, 3.8) is 0 Å². The first kappa shape index (κ1) is 10.3. The van der Waals surface area contributed by atoms with Gasteiger partial charge in [-0.25, -0.2) is 4.79 Å². The van der Waals surface area contributed by atoms with Crippen molar-refractivity contribution in [2.75, 3.05) is 0 Å². The first-order chi connectivity index (χ1) is 6.11. The molecule has 0 saturated heterocycles. The average molecular weight is 182 g/mol. The Labute approximate surface area is 80.0 Å². The molecule has 0 amide bonds. The molecule has 1 atom stereocenters. The zero-order valence-electron chi connectivity index (χ0n) is 8.51. The van der Waals surface area contributed by atoms with Crippen molar-refractivity contribution in [3.8, 4) is 0 Å². The largest absolute Gasteiger partial charge is 0.459 e. The van der Waals surface area contributed by atoms with Crippen LogP contribution < -0.4 is 0 Å². The predicted octanol–water partition coefficient (Wildman–Crippen LogP) is 2.68. The zero-order chi connectivity index (χ0) is 9.84. The lowest BCUT2D eigenvalue weighted by Crippen LogP contribution is -2.22. The van der Waals surface area contributed by atoms with E-state index >= 15 is 0 Å². The van der Waals surface area contributed by atoms with Crippen molar-refractivity contribution in [3.05, 3.63) is 12.2 Å². The fourth-order valence-electron chi connectivity index (χ4n) is 1.79. The molecule has 74 valence electrons. The average Bonchev–Trinajstić information content (AvgIpc) is 2.55. The normalized spacial score (nSPS) is 19.8. The molecule has 0 N–H and O–H groups in total. The van der Waals surface area contributed by atoms with E-state index in [9.17, 15) is 4.79 Å². The predicted molar refractivity (Wildman–Crippen MR) is 52.3 cm³/mol. The van der Waals surface area contributed by atoms with Gasteiger partial charge < -0.3 is 4.74 Å². The van der Waals surface area contributed by atoms with Crippen LogP contribution in [0.25, 0.3) is 0 Å². The van der Waals surface area contributed by atoms with Gasteiger partial charge >= 0.3 is 5.97 Å². The number of carbonyl (C=O) groups excluding carboxylic acids is 1. The van der Waals surface area contributed by atoms with E-state index in [1.54, 1.807) is 6.92 Å². The third-order valence-electron chi connectivity index (χ3n) is 2.71. The highest BCUT2D eigenvalue weighted by atomic mass is 16.5. The molecule has 1 fully saturated rings. The topological polar surface area (TPSA) is 26.3 Å². The summed E-state index contributed by atoms with van der Waals surface area (Å²) in [4.78, 5) is 11.2. The molecule has 1 aliphatic carbocycles. The first-order valence-electron chi connectivity index (χ1n) is 4.97. The van der Waals surface area contributed by atoms with Crippen LogP contribution in [0.1, 0.15) is 39.5 Å². The minimum absolute atomic E-state index is 0.0618. The molecule has 1 saturated carbocycles. The number of ether oxygens (including phenoxy) is 1. The van der Waals surface area contributed by atoms with E-state index in [0.717, 1.165) is 0 Å². The highest BCUT2D eigenvalue weighted by molar-refractivity contribution is 5.87. The second kappa shape index (κ2) is 4.45. The van der Waals surface area contributed by atoms with Crippen LogP contribution in [-0.2, 0) is 9.53 Å². The molecule has 2 heteroatoms. The summed E-state index contributed by atoms with van der Waals surface area (Å²) in [6.45, 7) is 7.23. The SMILES string of the molecule is C=C(C)C(=O)OC(C)C1CCCC1. The number of hydrogen-bond donors (Lipinski definition) is 0. The number of rotatable bonds is 3. The van der Waals surface area contributed by atoms with Crippen LogP contribution in [-0.4, -0.2) is 12.1 Å². The lowest BCUT2D eigenvalue weighted by molar-refractivity contribution is -0.145. The summed E-state index contributed by atoms with van der Waals surface area (Å²) in [6.07, 6.45) is 5.01. The fourth-order valence-corrected chi connectivity index (χ4v) is 1.79. The van der Waals surface area contributed by atoms with Crippen LogP contribution in [0, 0.1) is 5.92 Å². The summed E-state index contributed by atoms with van der Waals surface area (Å²) in [5.41, 5.74) is 0.491. The van der Waals surface area contributed by atoms with Crippen LogP contribution in [0.3, 0.4) is 0 Å². The Morgan fingerprint density at radius 2 is 2.00 bits per heavy atom. The summed E-state index contributed by atoms with van der Waals surface area (Å²) in [6, 6.07) is 0. The maximum atomic E-state index is 11.2. The zero-order valence-corrected chi connectivity index (χ0v) is 8.51. The summed E-state index contributed by atoms with van der Waals surface area (Å²) >= 11 is 0. The number of carbonyl (C=O) groups is 1. The van der Waals surface area contributed by atoms with Crippen LogP contribution in [0.4, 0.5) is 0 Å². The maximum Gasteiger partial charge on any atom is 0.333 e. The monoisotopic (exact) mass is 182 g/mol. The molecule has 1 aliphatic rings. The van der Waals surface area contributed by atoms with Gasteiger partial charge in [0.2, 0.25) is 0 Å². The number of hydrogen-bond acceptors (Lipinski definition) is 2. The van der Waals surface area contributed by atoms with E-state index in [-0.39, 0.29) is 12.1 Å². The lowest BCUT2D eigenvalue weighted by atomic mass is 10.0. The molecule has 2 nitrogen and oxygen atoms in total. The summed E-state index contributed by atoms with van der Waals surface area (Å²) in [7, 11) is 0. The van der Waals surface area contributed by atoms with E-state index in [1.807, 2.05) is 6.92 Å². The Morgan fingerprint density at radius 3 is 2.46 bits per heavy atom. The van der Waals surface area contributed by atoms with Crippen LogP contribution in [0.5, 0.6) is 0 Å². The van der Waals surface area contributed by atoms with Crippen LogP contribution >= 0.6 is 0 Å². The Bertz CT molecular complexity index is 202. The highest BCUT2D eigenvalue weighted by Gasteiger charge is 2.24. The molecule has 0 bridgehead atoms. The second-order valence-corrected chi connectivity index (χ2v) is 3.94. The van der Waals surface area contributed by atoms with Gasteiger partial charge in [0.05, 0.1) is 0 Å². The third kappa shape index (κ3) is 2.87. The molecular formula is C11H18O2. The van der Waals surface area contributed by atoms with Crippen molar-refractivity contribution >= 4 is 5.97 Å². The smallest absolute Gasteiger partial charge is 0.333 e. The van der Waals surface area contributed by atoms with Crippen LogP contribution in [0.2, 0.25) is 0 Å². The van der Waals surface area contributed by atoms with Gasteiger partial charge in [-0.1, -0.05) is 19.4 Å². The molecule has 0 aromatic heterocycles. The molecule has 1 rings (SSSR count). The first-order valence-corrected chi connectivity index (χ1v) is 4.97. The molecule has 0 aliphatic heterocycles. The van der Waals surface area contributed by atoms with E-state index in [2.05, 4.69) is 6.58 Å². The highest BCUT2D eigenvalue weighted by Crippen LogP contribution is 2.29. The standard InChI is InChI=1S/C11H18O2/c1-8(2)11(12)13-9(3)10-6-4-5-7-10/h9-10H,1,4-7H2,2-3H3. The van der Waals surface area contributed by atoms with Crippen molar-refractivity contribution in [1.29, 1.82) is 0 Å². The maximum absolute atomic E-state index is 11.2. The molecule has 0 aromatic rings. The van der Waals surface area contributed by atoms with Crippen LogP contribution in [0.15, 0.2) is 12.2 Å². The van der Waals surface area contributed by atoms with Gasteiger partial charge in [0.1, 0.15) is 6.10 Å². The lowest BCUT2D eigenvalue weighted by Gasteiger charge is -2.19. The Balaban J connectivity index is 2.35. The molecular weight excluding hydrogens is 164 g/mol. The minimum Gasteiger partial charge on any atom is -0.459 e. The van der Waals surface area contributed by atoms with Gasteiger partial charge in [-0.2, -0.15) is 0 Å². The van der Waals surface area contributed by atoms with Gasteiger partial charge in [0.15, 0.2) is 0 Å². The quantitative estimate of drug-likeness (QED) is 0.495. The Kier molecular flexibility index (Phi) is 3.52. The molecule has 1 unspecified atom stereocenters. The van der Waals surface area contributed by atoms with E-state index in [4.69, 9.17) is 4.74 Å². The van der Waals surface area contributed by atoms with Crippen molar-refractivity contribution in [1.82, 2.24) is 0 Å². The van der Waals surface area contributed by atoms with E-state index in [0.29, 0.717) is 11.5 Å². The molecule has 0 heterocycles. The minimum atomic E-state index is -0.251. The summed E-state index contributed by atoms with van der Waals surface area (Å²) in [5, 5.41) is 0. The van der Waals surface area contributed by atoms with Gasteiger partial charge in [0.25, 0.3) is 0 Å². The molecule has 0 aromatic carbocycles. The number of esters is 1. The van der Waals surface area contributed by atoms with Gasteiger partial charge in [-0.3, -0.25) is 0 Å². The second-order valence-electron chi connectivity index (χ2n) is 3.94. The van der Waals surface area contributed by atoms with Gasteiger partial charge in [0, 0.05) is 5.57 Å². The van der Waals surface area contributed by atoms with Gasteiger partial charge in [-0.05, 0) is 32.6 Å². The molecule has 0 radical (unpaired) electrons. The van der Waals surface area contributed by atoms with Gasteiger partial charge in [-0.15, -0.1) is 0 Å². The van der Waals surface area contributed by atoms with Crippen molar-refractivity contribution in [2.24, 2.45) is 5.92 Å². The van der Waals surface area contributed by atoms with E-state index in [1.165, 1.54) is 25.7 Å². The van der Waals surface area contributed by atoms with Crippen molar-refractivity contribution < 1.29 is 9.53 Å². The molecule has 0 spiro atoms.